The molecule has 0 unspecified atom stereocenters. The van der Waals surface area contributed by atoms with Crippen molar-refractivity contribution in [2.45, 2.75) is 18.6 Å². The first-order valence-corrected chi connectivity index (χ1v) is 13.2. The van der Waals surface area contributed by atoms with Crippen LogP contribution in [0.25, 0.3) is 17.0 Å². The highest BCUT2D eigenvalue weighted by atomic mass is 35.5. The maximum atomic E-state index is 12.8. The van der Waals surface area contributed by atoms with Gasteiger partial charge in [0.15, 0.2) is 0 Å². The smallest absolute Gasteiger partial charge is 0.239 e. The number of hydrogen-bond acceptors (Lipinski definition) is 9. The lowest BCUT2D eigenvalue weighted by Crippen LogP contribution is -2.53. The number of aliphatic hydroxyl groups is 1. The molecular formula is C27H29ClN8O3. The van der Waals surface area contributed by atoms with Crippen molar-refractivity contribution in [2.75, 3.05) is 50.1 Å². The normalized spacial score (nSPS) is 19.5. The van der Waals surface area contributed by atoms with Crippen LogP contribution in [-0.4, -0.2) is 87.2 Å². The molecule has 5 heterocycles. The highest BCUT2D eigenvalue weighted by Gasteiger charge is 2.32. The Kier molecular flexibility index (Phi) is 6.94. The van der Waals surface area contributed by atoms with Crippen molar-refractivity contribution in [2.24, 2.45) is 0 Å². The van der Waals surface area contributed by atoms with Crippen LogP contribution in [-0.2, 0) is 4.79 Å². The molecule has 1 aromatic carbocycles. The van der Waals surface area contributed by atoms with E-state index in [4.69, 9.17) is 16.3 Å². The second kappa shape index (κ2) is 10.7. The highest BCUT2D eigenvalue weighted by Crippen LogP contribution is 2.33. The predicted molar refractivity (Wildman–Crippen MR) is 149 cm³/mol. The van der Waals surface area contributed by atoms with Crippen molar-refractivity contribution < 1.29 is 14.6 Å². The Morgan fingerprint density at radius 1 is 1.15 bits per heavy atom. The molecule has 0 radical (unpaired) electrons. The molecule has 0 saturated carbocycles. The largest absolute Gasteiger partial charge is 0.494 e. The number of hydrogen-bond donors (Lipinski definition) is 3. The number of β-amino-alcohol motifs (C(OH)–C–C–N with tert-alkyl or cyclic N) is 1. The fraction of sp³-hybridized carbons (Fsp3) is 0.333. The molecule has 202 valence electrons. The number of nitrogens with zero attached hydrogens (tertiary/aromatic N) is 6. The lowest BCUT2D eigenvalue weighted by molar-refractivity contribution is -0.133. The Labute approximate surface area is 230 Å². The monoisotopic (exact) mass is 548 g/mol. The fourth-order valence-electron chi connectivity index (χ4n) is 5.13. The number of benzene rings is 1. The number of imidazole rings is 1. The summed E-state index contributed by atoms with van der Waals surface area (Å²) in [5.41, 5.74) is 3.85. The molecule has 1 amide bonds. The van der Waals surface area contributed by atoms with Crippen LogP contribution in [0.1, 0.15) is 6.42 Å². The van der Waals surface area contributed by atoms with Crippen LogP contribution in [0.5, 0.6) is 5.75 Å². The highest BCUT2D eigenvalue weighted by molar-refractivity contribution is 6.32. The zero-order chi connectivity index (χ0) is 26.9. The zero-order valence-electron chi connectivity index (χ0n) is 21.4. The standard InChI is InChI=1S/C27H29ClN8O3/c1-39-23-12-17(34-8-10-35(11-9-34)26(38)21-13-18(37)14-29-21)5-6-20(23)32-27-31-15-19(28)25(33-27)22-16-30-24-4-2-3-7-36(22)24/h2-7,12,15-16,18,21,29,37H,8-11,13-14H2,1H3,(H,31,32,33)/t18-,21+/m1/s1. The SMILES string of the molecule is COc1cc(N2CCN(C(=O)[C@@H]3C[C@@H](O)CN3)CC2)ccc1Nc1ncc(Cl)c(-c2cnc3ccccn23)n1. The average molecular weight is 549 g/mol. The molecule has 11 nitrogen and oxygen atoms in total. The number of aromatic nitrogens is 4. The minimum absolute atomic E-state index is 0.0644. The molecule has 2 aliphatic rings. The van der Waals surface area contributed by atoms with E-state index in [2.05, 4.69) is 30.5 Å². The molecule has 12 heteroatoms. The number of anilines is 3. The second-order valence-electron chi connectivity index (χ2n) is 9.63. The van der Waals surface area contributed by atoms with E-state index in [1.54, 1.807) is 19.5 Å². The third-order valence-corrected chi connectivity index (χ3v) is 7.47. The van der Waals surface area contributed by atoms with Gasteiger partial charge >= 0.3 is 0 Å². The van der Waals surface area contributed by atoms with E-state index < -0.39 is 6.10 Å². The summed E-state index contributed by atoms with van der Waals surface area (Å²) in [6.45, 7) is 3.14. The van der Waals surface area contributed by atoms with Gasteiger partial charge in [0.1, 0.15) is 17.1 Å². The van der Waals surface area contributed by atoms with Gasteiger partial charge in [0, 0.05) is 50.7 Å². The van der Waals surface area contributed by atoms with Crippen molar-refractivity contribution >= 4 is 40.5 Å². The first-order valence-electron chi connectivity index (χ1n) is 12.9. The van der Waals surface area contributed by atoms with E-state index in [1.165, 1.54) is 0 Å². The molecule has 2 saturated heterocycles. The number of nitrogens with one attached hydrogen (secondary N) is 2. The van der Waals surface area contributed by atoms with Gasteiger partial charge in [-0.2, -0.15) is 0 Å². The average Bonchev–Trinajstić information content (AvgIpc) is 3.60. The van der Waals surface area contributed by atoms with E-state index in [9.17, 15) is 9.90 Å². The van der Waals surface area contributed by atoms with Crippen molar-refractivity contribution in [1.82, 2.24) is 29.6 Å². The van der Waals surface area contributed by atoms with Crippen LogP contribution >= 0.6 is 11.6 Å². The third-order valence-electron chi connectivity index (χ3n) is 7.20. The van der Waals surface area contributed by atoms with Gasteiger partial charge < -0.3 is 30.3 Å². The summed E-state index contributed by atoms with van der Waals surface area (Å²) < 4.78 is 7.61. The van der Waals surface area contributed by atoms with Crippen molar-refractivity contribution in [3.05, 3.63) is 60.0 Å². The number of rotatable bonds is 6. The molecule has 3 N–H and O–H groups in total. The van der Waals surface area contributed by atoms with Crippen LogP contribution in [0.3, 0.4) is 0 Å². The Balaban J connectivity index is 1.16. The van der Waals surface area contributed by atoms with Gasteiger partial charge in [-0.05, 0) is 30.7 Å². The molecule has 2 aliphatic heterocycles. The minimum Gasteiger partial charge on any atom is -0.494 e. The minimum atomic E-state index is -0.449. The zero-order valence-corrected chi connectivity index (χ0v) is 22.2. The number of amides is 1. The van der Waals surface area contributed by atoms with E-state index in [-0.39, 0.29) is 11.9 Å². The fourth-order valence-corrected chi connectivity index (χ4v) is 5.31. The Morgan fingerprint density at radius 2 is 2.00 bits per heavy atom. The van der Waals surface area contributed by atoms with Crippen LogP contribution in [0.15, 0.2) is 55.0 Å². The van der Waals surface area contributed by atoms with Gasteiger partial charge in [-0.3, -0.25) is 9.20 Å². The molecular weight excluding hydrogens is 520 g/mol. The quantitative estimate of drug-likeness (QED) is 0.334. The summed E-state index contributed by atoms with van der Waals surface area (Å²) in [6.07, 6.45) is 5.25. The molecule has 39 heavy (non-hydrogen) atoms. The third kappa shape index (κ3) is 5.08. The number of aliphatic hydroxyl groups excluding tert-OH is 1. The summed E-state index contributed by atoms with van der Waals surface area (Å²) in [5, 5.41) is 16.5. The number of piperazine rings is 1. The van der Waals surface area contributed by atoms with Crippen LogP contribution in [0, 0.1) is 0 Å². The summed E-state index contributed by atoms with van der Waals surface area (Å²) in [5.74, 6) is 1.09. The van der Waals surface area contributed by atoms with Gasteiger partial charge in [0.05, 0.1) is 48.1 Å². The Hall–Kier alpha value is -3.93. The number of fused-ring (bicyclic) bond motifs is 1. The van der Waals surface area contributed by atoms with E-state index in [0.717, 1.165) is 17.0 Å². The van der Waals surface area contributed by atoms with Gasteiger partial charge in [-0.25, -0.2) is 15.0 Å². The Bertz CT molecular complexity index is 1500. The first kappa shape index (κ1) is 25.4. The molecule has 3 aromatic heterocycles. The van der Waals surface area contributed by atoms with Crippen LogP contribution in [0.2, 0.25) is 5.02 Å². The predicted octanol–water partition coefficient (Wildman–Crippen LogP) is 2.57. The molecule has 0 spiro atoms. The number of methoxy groups -OCH3 is 1. The number of ether oxygens (including phenoxy) is 1. The molecule has 2 atom stereocenters. The summed E-state index contributed by atoms with van der Waals surface area (Å²) >= 11 is 6.47. The number of pyridine rings is 1. The van der Waals surface area contributed by atoms with Gasteiger partial charge in [0.2, 0.25) is 11.9 Å². The van der Waals surface area contributed by atoms with E-state index in [0.29, 0.717) is 67.2 Å². The van der Waals surface area contributed by atoms with E-state index >= 15 is 0 Å². The second-order valence-corrected chi connectivity index (χ2v) is 10.0. The van der Waals surface area contributed by atoms with E-state index in [1.807, 2.05) is 51.9 Å². The number of carbonyl (C=O) groups excluding carboxylic acids is 1. The van der Waals surface area contributed by atoms with Gasteiger partial charge in [0.25, 0.3) is 0 Å². The maximum absolute atomic E-state index is 12.8. The lowest BCUT2D eigenvalue weighted by atomic mass is 10.1. The van der Waals surface area contributed by atoms with Crippen molar-refractivity contribution in [3.63, 3.8) is 0 Å². The first-order chi connectivity index (χ1) is 19.0. The Morgan fingerprint density at radius 3 is 2.77 bits per heavy atom. The van der Waals surface area contributed by atoms with Gasteiger partial charge in [-0.1, -0.05) is 17.7 Å². The summed E-state index contributed by atoms with van der Waals surface area (Å²) in [4.78, 5) is 30.3. The topological polar surface area (TPSA) is 120 Å². The molecule has 0 aliphatic carbocycles. The summed E-state index contributed by atoms with van der Waals surface area (Å²) in [6, 6.07) is 11.4. The number of halogens is 1. The molecule has 6 rings (SSSR count). The molecule has 4 aromatic rings. The van der Waals surface area contributed by atoms with Gasteiger partial charge in [-0.15, -0.1) is 0 Å². The molecule has 0 bridgehead atoms. The van der Waals surface area contributed by atoms with Crippen molar-refractivity contribution in [1.29, 1.82) is 0 Å². The summed E-state index contributed by atoms with van der Waals surface area (Å²) in [7, 11) is 1.62. The molecule has 2 fully saturated rings. The van der Waals surface area contributed by atoms with Crippen LogP contribution < -0.4 is 20.3 Å². The maximum Gasteiger partial charge on any atom is 0.239 e. The van der Waals surface area contributed by atoms with Crippen LogP contribution in [0.4, 0.5) is 17.3 Å². The number of carbonyl (C=O) groups is 1. The van der Waals surface area contributed by atoms with Crippen molar-refractivity contribution in [3.8, 4) is 17.1 Å². The lowest BCUT2D eigenvalue weighted by Gasteiger charge is -2.37.